The van der Waals surface area contributed by atoms with Crippen molar-refractivity contribution in [1.29, 1.82) is 0 Å². The van der Waals surface area contributed by atoms with Crippen LogP contribution in [0, 0.1) is 13.8 Å². The number of carbonyl (C=O) groups excluding carboxylic acids is 1. The van der Waals surface area contributed by atoms with Gasteiger partial charge in [0.25, 0.3) is 5.91 Å². The third kappa shape index (κ3) is 3.33. The molecule has 2 aromatic rings. The highest BCUT2D eigenvalue weighted by Crippen LogP contribution is 2.32. The highest BCUT2D eigenvalue weighted by molar-refractivity contribution is 5.95. The van der Waals surface area contributed by atoms with E-state index in [9.17, 15) is 4.79 Å². The first kappa shape index (κ1) is 15.5. The quantitative estimate of drug-likeness (QED) is 0.941. The standard InChI is InChI=1S/C18H21NO4/c1-11-9-15(13(3)23-11)18(20)19-12(2)14-5-6-16-17(10-14)22-8-4-7-21-16/h5-6,9-10,12H,4,7-8H2,1-3H3,(H,19,20)/t12-/m1/s1. The van der Waals surface area contributed by atoms with Gasteiger partial charge in [-0.3, -0.25) is 4.79 Å². The highest BCUT2D eigenvalue weighted by atomic mass is 16.5. The summed E-state index contributed by atoms with van der Waals surface area (Å²) in [4.78, 5) is 12.4. The summed E-state index contributed by atoms with van der Waals surface area (Å²) in [6.07, 6.45) is 0.870. The first-order valence-electron chi connectivity index (χ1n) is 7.82. The predicted octanol–water partition coefficient (Wildman–Crippen LogP) is 3.55. The minimum absolute atomic E-state index is 0.140. The number of hydrogen-bond acceptors (Lipinski definition) is 4. The van der Waals surface area contributed by atoms with Crippen molar-refractivity contribution in [1.82, 2.24) is 5.32 Å². The zero-order valence-corrected chi connectivity index (χ0v) is 13.6. The fourth-order valence-corrected chi connectivity index (χ4v) is 2.66. The van der Waals surface area contributed by atoms with Crippen LogP contribution in [0.3, 0.4) is 0 Å². The second kappa shape index (κ2) is 6.36. The molecule has 0 radical (unpaired) electrons. The molecular formula is C18H21NO4. The zero-order valence-electron chi connectivity index (χ0n) is 13.6. The van der Waals surface area contributed by atoms with Crippen LogP contribution in [0.4, 0.5) is 0 Å². The van der Waals surface area contributed by atoms with Gasteiger partial charge < -0.3 is 19.2 Å². The van der Waals surface area contributed by atoms with E-state index >= 15 is 0 Å². The molecule has 1 amide bonds. The fourth-order valence-electron chi connectivity index (χ4n) is 2.66. The van der Waals surface area contributed by atoms with Gasteiger partial charge in [-0.15, -0.1) is 0 Å². The van der Waals surface area contributed by atoms with Gasteiger partial charge in [0, 0.05) is 6.42 Å². The Hall–Kier alpha value is -2.43. The summed E-state index contributed by atoms with van der Waals surface area (Å²) >= 11 is 0. The number of rotatable bonds is 3. The predicted molar refractivity (Wildman–Crippen MR) is 86.1 cm³/mol. The molecule has 1 atom stereocenters. The molecule has 1 aliphatic heterocycles. The maximum Gasteiger partial charge on any atom is 0.255 e. The molecule has 1 aliphatic rings. The lowest BCUT2D eigenvalue weighted by Gasteiger charge is -2.16. The van der Waals surface area contributed by atoms with Crippen molar-refractivity contribution in [3.8, 4) is 11.5 Å². The van der Waals surface area contributed by atoms with Crippen LogP contribution < -0.4 is 14.8 Å². The number of hydrogen-bond donors (Lipinski definition) is 1. The van der Waals surface area contributed by atoms with Crippen molar-refractivity contribution in [2.24, 2.45) is 0 Å². The molecule has 0 aliphatic carbocycles. The molecule has 0 unspecified atom stereocenters. The molecule has 1 aromatic carbocycles. The number of furan rings is 1. The first-order valence-corrected chi connectivity index (χ1v) is 7.82. The minimum atomic E-state index is -0.144. The Balaban J connectivity index is 1.75. The average molecular weight is 315 g/mol. The van der Waals surface area contributed by atoms with Gasteiger partial charge in [0.05, 0.1) is 24.8 Å². The van der Waals surface area contributed by atoms with E-state index in [0.717, 1.165) is 29.2 Å². The van der Waals surface area contributed by atoms with Crippen LogP contribution in [-0.2, 0) is 0 Å². The first-order chi connectivity index (χ1) is 11.0. The van der Waals surface area contributed by atoms with Crippen LogP contribution >= 0.6 is 0 Å². The van der Waals surface area contributed by atoms with E-state index in [1.165, 1.54) is 0 Å². The molecule has 2 heterocycles. The molecule has 1 aromatic heterocycles. The lowest BCUT2D eigenvalue weighted by atomic mass is 10.1. The van der Waals surface area contributed by atoms with Crippen molar-refractivity contribution in [3.63, 3.8) is 0 Å². The van der Waals surface area contributed by atoms with Crippen LogP contribution in [0.2, 0.25) is 0 Å². The fraction of sp³-hybridized carbons (Fsp3) is 0.389. The molecule has 0 fully saturated rings. The van der Waals surface area contributed by atoms with Crippen LogP contribution in [0.5, 0.6) is 11.5 Å². The van der Waals surface area contributed by atoms with Crippen LogP contribution in [0.1, 0.15) is 46.8 Å². The summed E-state index contributed by atoms with van der Waals surface area (Å²) in [6.45, 7) is 6.87. The largest absolute Gasteiger partial charge is 0.490 e. The van der Waals surface area contributed by atoms with Crippen molar-refractivity contribution in [3.05, 3.63) is 46.9 Å². The van der Waals surface area contributed by atoms with E-state index in [1.54, 1.807) is 13.0 Å². The second-order valence-corrected chi connectivity index (χ2v) is 5.78. The van der Waals surface area contributed by atoms with Gasteiger partial charge in [-0.05, 0) is 44.5 Å². The van der Waals surface area contributed by atoms with E-state index in [-0.39, 0.29) is 11.9 Å². The second-order valence-electron chi connectivity index (χ2n) is 5.78. The summed E-state index contributed by atoms with van der Waals surface area (Å²) in [6, 6.07) is 7.39. The van der Waals surface area contributed by atoms with E-state index < -0.39 is 0 Å². The third-order valence-corrected chi connectivity index (χ3v) is 3.90. The molecule has 23 heavy (non-hydrogen) atoms. The topological polar surface area (TPSA) is 60.7 Å². The molecule has 122 valence electrons. The Bertz CT molecular complexity index is 720. The molecule has 0 saturated carbocycles. The number of amides is 1. The van der Waals surface area contributed by atoms with Gasteiger partial charge in [-0.2, -0.15) is 0 Å². The maximum absolute atomic E-state index is 12.4. The monoisotopic (exact) mass is 315 g/mol. The van der Waals surface area contributed by atoms with Crippen LogP contribution in [-0.4, -0.2) is 19.1 Å². The van der Waals surface area contributed by atoms with Gasteiger partial charge in [0.2, 0.25) is 0 Å². The average Bonchev–Trinajstić information content (AvgIpc) is 2.73. The number of fused-ring (bicyclic) bond motifs is 1. The highest BCUT2D eigenvalue weighted by Gasteiger charge is 2.18. The Morgan fingerprint density at radius 2 is 1.87 bits per heavy atom. The van der Waals surface area contributed by atoms with Crippen molar-refractivity contribution >= 4 is 5.91 Å². The molecule has 5 heteroatoms. The molecule has 0 saturated heterocycles. The Morgan fingerprint density at radius 1 is 1.13 bits per heavy atom. The molecule has 3 rings (SSSR count). The molecular weight excluding hydrogens is 294 g/mol. The Labute approximate surface area is 135 Å². The lowest BCUT2D eigenvalue weighted by molar-refractivity contribution is 0.0938. The smallest absolute Gasteiger partial charge is 0.255 e. The number of ether oxygens (including phenoxy) is 2. The molecule has 0 spiro atoms. The van der Waals surface area contributed by atoms with Crippen molar-refractivity contribution in [2.75, 3.05) is 13.2 Å². The van der Waals surface area contributed by atoms with Gasteiger partial charge >= 0.3 is 0 Å². The zero-order chi connectivity index (χ0) is 16.4. The minimum Gasteiger partial charge on any atom is -0.490 e. The van der Waals surface area contributed by atoms with E-state index in [1.807, 2.05) is 32.0 Å². The summed E-state index contributed by atoms with van der Waals surface area (Å²) in [5.74, 6) is 2.71. The van der Waals surface area contributed by atoms with Gasteiger partial charge in [0.1, 0.15) is 11.5 Å². The summed E-state index contributed by atoms with van der Waals surface area (Å²) in [5.41, 5.74) is 1.55. The van der Waals surface area contributed by atoms with Crippen LogP contribution in [0.25, 0.3) is 0 Å². The number of carbonyl (C=O) groups is 1. The van der Waals surface area contributed by atoms with Gasteiger partial charge in [-0.1, -0.05) is 6.07 Å². The molecule has 5 nitrogen and oxygen atoms in total. The van der Waals surface area contributed by atoms with Crippen molar-refractivity contribution < 1.29 is 18.7 Å². The molecule has 0 bridgehead atoms. The Kier molecular flexibility index (Phi) is 4.28. The lowest BCUT2D eigenvalue weighted by Crippen LogP contribution is -2.26. The summed E-state index contributed by atoms with van der Waals surface area (Å²) < 4.78 is 16.7. The summed E-state index contributed by atoms with van der Waals surface area (Å²) in [5, 5.41) is 2.99. The SMILES string of the molecule is Cc1cc(C(=O)N[C@H](C)c2ccc3c(c2)OCCCO3)c(C)o1. The van der Waals surface area contributed by atoms with E-state index in [0.29, 0.717) is 24.5 Å². The van der Waals surface area contributed by atoms with Gasteiger partial charge in [0.15, 0.2) is 11.5 Å². The maximum atomic E-state index is 12.4. The third-order valence-electron chi connectivity index (χ3n) is 3.90. The molecule has 1 N–H and O–H groups in total. The van der Waals surface area contributed by atoms with Crippen molar-refractivity contribution in [2.45, 2.75) is 33.2 Å². The number of nitrogens with one attached hydrogen (secondary N) is 1. The van der Waals surface area contributed by atoms with E-state index in [2.05, 4.69) is 5.32 Å². The number of benzene rings is 1. The van der Waals surface area contributed by atoms with Crippen LogP contribution in [0.15, 0.2) is 28.7 Å². The van der Waals surface area contributed by atoms with E-state index in [4.69, 9.17) is 13.9 Å². The van der Waals surface area contributed by atoms with Gasteiger partial charge in [-0.25, -0.2) is 0 Å². The number of aryl methyl sites for hydroxylation is 2. The normalized spacial score (nSPS) is 14.9. The Morgan fingerprint density at radius 3 is 2.57 bits per heavy atom. The summed E-state index contributed by atoms with van der Waals surface area (Å²) in [7, 11) is 0.